The van der Waals surface area contributed by atoms with E-state index in [1.54, 1.807) is 7.05 Å². The number of hydrogen-bond acceptors (Lipinski definition) is 2. The molecule has 2 nitrogen and oxygen atoms in total. The van der Waals surface area contributed by atoms with Crippen molar-refractivity contribution in [3.63, 3.8) is 0 Å². The summed E-state index contributed by atoms with van der Waals surface area (Å²) >= 11 is 0. The van der Waals surface area contributed by atoms with Gasteiger partial charge in [0.1, 0.15) is 0 Å². The molecule has 62 valence electrons. The van der Waals surface area contributed by atoms with Crippen LogP contribution in [-0.2, 0) is 4.79 Å². The van der Waals surface area contributed by atoms with Gasteiger partial charge in [-0.1, -0.05) is 13.8 Å². The molecule has 0 rings (SSSR count). The minimum absolute atomic E-state index is 0.0563. The summed E-state index contributed by atoms with van der Waals surface area (Å²) in [6.07, 6.45) is 5.58. The Morgan fingerprint density at radius 3 is 2.45 bits per heavy atom. The fourth-order valence-corrected chi connectivity index (χ4v) is 0.865. The molecule has 0 saturated heterocycles. The summed E-state index contributed by atoms with van der Waals surface area (Å²) in [5.74, 6) is 2.71. The maximum atomic E-state index is 11.3. The van der Waals surface area contributed by atoms with E-state index in [2.05, 4.69) is 11.2 Å². The number of ketones is 1. The van der Waals surface area contributed by atoms with Crippen molar-refractivity contribution in [3.05, 3.63) is 0 Å². The van der Waals surface area contributed by atoms with Crippen molar-refractivity contribution in [2.75, 3.05) is 7.05 Å². The zero-order chi connectivity index (χ0) is 8.85. The van der Waals surface area contributed by atoms with Gasteiger partial charge in [0, 0.05) is 12.3 Å². The van der Waals surface area contributed by atoms with Gasteiger partial charge in [-0.2, -0.15) is 0 Å². The van der Waals surface area contributed by atoms with Gasteiger partial charge in [-0.15, -0.1) is 12.3 Å². The first-order valence-corrected chi connectivity index (χ1v) is 3.78. The molecule has 0 heterocycles. The van der Waals surface area contributed by atoms with Crippen molar-refractivity contribution in [2.24, 2.45) is 5.92 Å². The molecule has 0 bridgehead atoms. The first-order valence-electron chi connectivity index (χ1n) is 3.78. The van der Waals surface area contributed by atoms with Crippen molar-refractivity contribution < 1.29 is 4.79 Å². The molecular weight excluding hydrogens is 138 g/mol. The van der Waals surface area contributed by atoms with Crippen LogP contribution < -0.4 is 5.32 Å². The second-order valence-corrected chi connectivity index (χ2v) is 2.81. The highest BCUT2D eigenvalue weighted by Crippen LogP contribution is 2.01. The number of hydrogen-bond donors (Lipinski definition) is 1. The Kier molecular flexibility index (Phi) is 4.56. The first kappa shape index (κ1) is 10.2. The van der Waals surface area contributed by atoms with Gasteiger partial charge >= 0.3 is 0 Å². The van der Waals surface area contributed by atoms with Crippen LogP contribution in [0.3, 0.4) is 0 Å². The molecule has 0 saturated carbocycles. The molecule has 0 radical (unpaired) electrons. The van der Waals surface area contributed by atoms with E-state index in [0.717, 1.165) is 0 Å². The molecule has 11 heavy (non-hydrogen) atoms. The quantitative estimate of drug-likeness (QED) is 0.606. The Bertz CT molecular complexity index is 167. The molecule has 0 aromatic rings. The van der Waals surface area contributed by atoms with E-state index in [4.69, 9.17) is 6.42 Å². The van der Waals surface area contributed by atoms with Crippen molar-refractivity contribution in [3.8, 4) is 12.3 Å². The van der Waals surface area contributed by atoms with E-state index < -0.39 is 0 Å². The molecule has 1 atom stereocenters. The smallest absolute Gasteiger partial charge is 0.153 e. The predicted molar refractivity (Wildman–Crippen MR) is 46.1 cm³/mol. The van der Waals surface area contributed by atoms with E-state index in [1.807, 2.05) is 13.8 Å². The molecule has 0 aliphatic heterocycles. The third-order valence-corrected chi connectivity index (χ3v) is 1.58. The van der Waals surface area contributed by atoms with Crippen LogP contribution in [0.5, 0.6) is 0 Å². The molecule has 0 aromatic heterocycles. The third-order valence-electron chi connectivity index (χ3n) is 1.58. The summed E-state index contributed by atoms with van der Waals surface area (Å²) in [7, 11) is 1.75. The fourth-order valence-electron chi connectivity index (χ4n) is 0.865. The highest BCUT2D eigenvalue weighted by atomic mass is 16.1. The van der Waals surface area contributed by atoms with Crippen molar-refractivity contribution in [1.29, 1.82) is 0 Å². The van der Waals surface area contributed by atoms with Gasteiger partial charge < -0.3 is 5.32 Å². The SMILES string of the molecule is C#CC[C@H](NC)C(=O)C(C)C. The Labute approximate surface area is 68.4 Å². The van der Waals surface area contributed by atoms with Crippen LogP contribution in [-0.4, -0.2) is 18.9 Å². The summed E-state index contributed by atoms with van der Waals surface area (Å²) in [4.78, 5) is 11.3. The minimum Gasteiger partial charge on any atom is -0.310 e. The number of nitrogens with one attached hydrogen (secondary N) is 1. The summed E-state index contributed by atoms with van der Waals surface area (Å²) in [5, 5.41) is 2.89. The highest BCUT2D eigenvalue weighted by Gasteiger charge is 2.17. The van der Waals surface area contributed by atoms with Gasteiger partial charge in [0.05, 0.1) is 6.04 Å². The lowest BCUT2D eigenvalue weighted by atomic mass is 10.00. The van der Waals surface area contributed by atoms with E-state index >= 15 is 0 Å². The van der Waals surface area contributed by atoms with Crippen LogP contribution in [0.1, 0.15) is 20.3 Å². The Balaban J connectivity index is 4.05. The zero-order valence-electron chi connectivity index (χ0n) is 7.35. The number of rotatable bonds is 4. The minimum atomic E-state index is -0.167. The molecule has 0 fully saturated rings. The van der Waals surface area contributed by atoms with Gasteiger partial charge in [-0.25, -0.2) is 0 Å². The lowest BCUT2D eigenvalue weighted by Gasteiger charge is -2.13. The van der Waals surface area contributed by atoms with Crippen LogP contribution in [0.4, 0.5) is 0 Å². The number of terminal acetylenes is 1. The molecule has 1 N–H and O–H groups in total. The Morgan fingerprint density at radius 1 is 1.64 bits per heavy atom. The van der Waals surface area contributed by atoms with Crippen molar-refractivity contribution in [2.45, 2.75) is 26.3 Å². The average Bonchev–Trinajstić information content (AvgIpc) is 1.98. The van der Waals surface area contributed by atoms with E-state index in [9.17, 15) is 4.79 Å². The summed E-state index contributed by atoms with van der Waals surface area (Å²) < 4.78 is 0. The van der Waals surface area contributed by atoms with Gasteiger partial charge in [0.15, 0.2) is 5.78 Å². The first-order chi connectivity index (χ1) is 5.13. The highest BCUT2D eigenvalue weighted by molar-refractivity contribution is 5.85. The van der Waals surface area contributed by atoms with Gasteiger partial charge in [-0.05, 0) is 7.05 Å². The molecule has 2 heteroatoms. The Morgan fingerprint density at radius 2 is 2.18 bits per heavy atom. The maximum absolute atomic E-state index is 11.3. The maximum Gasteiger partial charge on any atom is 0.153 e. The molecular formula is C9H15NO. The average molecular weight is 153 g/mol. The summed E-state index contributed by atoms with van der Waals surface area (Å²) in [6, 6.07) is -0.167. The molecule has 0 aromatic carbocycles. The molecule has 0 spiro atoms. The monoisotopic (exact) mass is 153 g/mol. The second kappa shape index (κ2) is 4.92. The second-order valence-electron chi connectivity index (χ2n) is 2.81. The largest absolute Gasteiger partial charge is 0.310 e. The van der Waals surface area contributed by atoms with Crippen LogP contribution in [0.2, 0.25) is 0 Å². The molecule has 0 aliphatic rings. The fraction of sp³-hybridized carbons (Fsp3) is 0.667. The molecule has 0 amide bonds. The van der Waals surface area contributed by atoms with Gasteiger partial charge in [0.25, 0.3) is 0 Å². The van der Waals surface area contributed by atoms with E-state index in [1.165, 1.54) is 0 Å². The van der Waals surface area contributed by atoms with E-state index in [-0.39, 0.29) is 17.7 Å². The van der Waals surface area contributed by atoms with Crippen LogP contribution in [0.25, 0.3) is 0 Å². The lowest BCUT2D eigenvalue weighted by molar-refractivity contribution is -0.123. The standard InChI is InChI=1S/C9H15NO/c1-5-6-8(10-4)9(11)7(2)3/h1,7-8,10H,6H2,2-4H3/t8-/m0/s1. The number of carbonyl (C=O) groups is 1. The van der Waals surface area contributed by atoms with Gasteiger partial charge in [-0.3, -0.25) is 4.79 Å². The normalized spacial score (nSPS) is 12.6. The Hall–Kier alpha value is -0.810. The zero-order valence-corrected chi connectivity index (χ0v) is 7.35. The predicted octanol–water partition coefficient (Wildman–Crippen LogP) is 0.823. The van der Waals surface area contributed by atoms with Crippen molar-refractivity contribution >= 4 is 5.78 Å². The summed E-state index contributed by atoms with van der Waals surface area (Å²) in [5.41, 5.74) is 0. The van der Waals surface area contributed by atoms with Gasteiger partial charge in [0.2, 0.25) is 0 Å². The number of carbonyl (C=O) groups excluding carboxylic acids is 1. The lowest BCUT2D eigenvalue weighted by Crippen LogP contribution is -2.36. The van der Waals surface area contributed by atoms with Crippen LogP contribution in [0.15, 0.2) is 0 Å². The topological polar surface area (TPSA) is 29.1 Å². The summed E-state index contributed by atoms with van der Waals surface area (Å²) in [6.45, 7) is 3.76. The molecule has 0 aliphatic carbocycles. The third kappa shape index (κ3) is 3.20. The number of Topliss-reactive ketones (excluding diaryl/α,β-unsaturated/α-hetero) is 1. The van der Waals surface area contributed by atoms with E-state index in [0.29, 0.717) is 6.42 Å². The van der Waals surface area contributed by atoms with Crippen molar-refractivity contribution in [1.82, 2.24) is 5.32 Å². The number of likely N-dealkylation sites (N-methyl/N-ethyl adjacent to an activating group) is 1. The van der Waals surface area contributed by atoms with Crippen LogP contribution in [0, 0.1) is 18.3 Å². The van der Waals surface area contributed by atoms with Crippen LogP contribution >= 0.6 is 0 Å². The molecule has 0 unspecified atom stereocenters.